The van der Waals surface area contributed by atoms with Crippen LogP contribution in [0.3, 0.4) is 0 Å². The van der Waals surface area contributed by atoms with Crippen LogP contribution in [-0.2, 0) is 6.54 Å². The van der Waals surface area contributed by atoms with Gasteiger partial charge in [-0.25, -0.2) is 0 Å². The molecule has 4 heterocycles. The number of nitrogens with one attached hydrogen (secondary N) is 2. The molecule has 5 rings (SSSR count). The van der Waals surface area contributed by atoms with E-state index < -0.39 is 0 Å². The van der Waals surface area contributed by atoms with E-state index in [2.05, 4.69) is 69.5 Å². The number of hydrogen-bond donors (Lipinski definition) is 2. The van der Waals surface area contributed by atoms with E-state index in [9.17, 15) is 0 Å². The third-order valence-corrected chi connectivity index (χ3v) is 8.24. The molecule has 0 bridgehead atoms. The highest BCUT2D eigenvalue weighted by molar-refractivity contribution is 7.80. The van der Waals surface area contributed by atoms with Gasteiger partial charge in [-0.3, -0.25) is 0 Å². The molecule has 1 unspecified atom stereocenters. The average Bonchev–Trinajstić information content (AvgIpc) is 3.43. The van der Waals surface area contributed by atoms with Gasteiger partial charge >= 0.3 is 0 Å². The number of anilines is 4. The van der Waals surface area contributed by atoms with E-state index in [1.54, 1.807) is 0 Å². The van der Waals surface area contributed by atoms with Gasteiger partial charge in [-0.2, -0.15) is 9.97 Å². The van der Waals surface area contributed by atoms with Crippen molar-refractivity contribution >= 4 is 40.6 Å². The molecule has 0 radical (unpaired) electrons. The predicted octanol–water partition coefficient (Wildman–Crippen LogP) is 5.18. The number of rotatable bonds is 6. The minimum Gasteiger partial charge on any atom is -0.372 e. The zero-order valence-corrected chi connectivity index (χ0v) is 22.7. The normalized spacial score (nSPS) is 21.1. The summed E-state index contributed by atoms with van der Waals surface area (Å²) in [5, 5.41) is 7.19. The monoisotopic (exact) mass is 507 g/mol. The summed E-state index contributed by atoms with van der Waals surface area (Å²) in [6, 6.07) is 11.5. The molecule has 3 fully saturated rings. The fraction of sp³-hybridized carbons (Fsp3) is 0.607. The molecular weight excluding hydrogens is 466 g/mol. The van der Waals surface area contributed by atoms with Crippen molar-refractivity contribution in [3.63, 3.8) is 0 Å². The standard InChI is InChI=1S/C28H41N7S/c1-21-12-17-34(18-13-21)25-19-26(35-16-4-3-7-22(35)2)31-27(30-25)32-28(36)29-20-23-8-10-24(11-9-23)33-14-5-6-15-33/h8-11,19,21-22H,3-7,12-18,20H2,1-2H3,(H2,29,30,31,32,36). The summed E-state index contributed by atoms with van der Waals surface area (Å²) in [4.78, 5) is 17.1. The number of hydrogen-bond acceptors (Lipinski definition) is 6. The summed E-state index contributed by atoms with van der Waals surface area (Å²) in [6.07, 6.45) is 8.71. The zero-order chi connectivity index (χ0) is 24.9. The lowest BCUT2D eigenvalue weighted by atomic mass is 9.99. The third-order valence-electron chi connectivity index (χ3n) is 7.99. The van der Waals surface area contributed by atoms with Gasteiger partial charge in [0.15, 0.2) is 5.11 Å². The summed E-state index contributed by atoms with van der Waals surface area (Å²) in [6.45, 7) is 10.8. The van der Waals surface area contributed by atoms with E-state index in [0.717, 1.165) is 37.2 Å². The molecule has 0 spiro atoms. The first-order chi connectivity index (χ1) is 17.5. The molecule has 1 aromatic carbocycles. The van der Waals surface area contributed by atoms with Crippen LogP contribution in [0.15, 0.2) is 30.3 Å². The van der Waals surface area contributed by atoms with E-state index in [4.69, 9.17) is 22.2 Å². The van der Waals surface area contributed by atoms with Crippen LogP contribution in [0.5, 0.6) is 0 Å². The molecule has 36 heavy (non-hydrogen) atoms. The van der Waals surface area contributed by atoms with E-state index in [1.165, 1.54) is 69.3 Å². The third kappa shape index (κ3) is 6.20. The van der Waals surface area contributed by atoms with Crippen molar-refractivity contribution in [3.8, 4) is 0 Å². The first-order valence-corrected chi connectivity index (χ1v) is 14.3. The topological polar surface area (TPSA) is 59.6 Å². The van der Waals surface area contributed by atoms with E-state index in [0.29, 0.717) is 23.6 Å². The van der Waals surface area contributed by atoms with Gasteiger partial charge in [-0.05, 0) is 87.7 Å². The van der Waals surface area contributed by atoms with Crippen LogP contribution in [0.2, 0.25) is 0 Å². The summed E-state index contributed by atoms with van der Waals surface area (Å²) in [5.41, 5.74) is 2.52. The first kappa shape index (κ1) is 25.1. The van der Waals surface area contributed by atoms with Crippen LogP contribution in [0.25, 0.3) is 0 Å². The summed E-state index contributed by atoms with van der Waals surface area (Å²) >= 11 is 5.65. The van der Waals surface area contributed by atoms with E-state index >= 15 is 0 Å². The average molecular weight is 508 g/mol. The summed E-state index contributed by atoms with van der Waals surface area (Å²) in [5.74, 6) is 3.38. The van der Waals surface area contributed by atoms with Gasteiger partial charge in [-0.1, -0.05) is 19.1 Å². The number of benzene rings is 1. The van der Waals surface area contributed by atoms with Crippen LogP contribution in [-0.4, -0.2) is 53.8 Å². The Morgan fingerprint density at radius 3 is 2.28 bits per heavy atom. The van der Waals surface area contributed by atoms with Crippen molar-refractivity contribution in [1.29, 1.82) is 0 Å². The Kier molecular flexibility index (Phi) is 8.09. The Hall–Kier alpha value is -2.61. The molecule has 7 nitrogen and oxygen atoms in total. The van der Waals surface area contributed by atoms with Crippen molar-refractivity contribution in [1.82, 2.24) is 15.3 Å². The second-order valence-electron chi connectivity index (χ2n) is 10.8. The Labute approximate surface area is 221 Å². The van der Waals surface area contributed by atoms with Crippen molar-refractivity contribution in [3.05, 3.63) is 35.9 Å². The highest BCUT2D eigenvalue weighted by Crippen LogP contribution is 2.29. The van der Waals surface area contributed by atoms with Crippen molar-refractivity contribution in [2.45, 2.75) is 71.4 Å². The molecule has 2 N–H and O–H groups in total. The molecule has 3 aliphatic heterocycles. The Balaban J connectivity index is 1.25. The molecule has 2 aromatic rings. The molecule has 0 amide bonds. The molecule has 8 heteroatoms. The van der Waals surface area contributed by atoms with Crippen LogP contribution < -0.4 is 25.3 Å². The molecule has 1 aromatic heterocycles. The highest BCUT2D eigenvalue weighted by Gasteiger charge is 2.24. The minimum absolute atomic E-state index is 0.490. The lowest BCUT2D eigenvalue weighted by Crippen LogP contribution is -2.39. The molecule has 3 saturated heterocycles. The fourth-order valence-corrected chi connectivity index (χ4v) is 5.75. The minimum atomic E-state index is 0.490. The van der Waals surface area contributed by atoms with Crippen LogP contribution in [0.4, 0.5) is 23.3 Å². The summed E-state index contributed by atoms with van der Waals surface area (Å²) in [7, 11) is 0. The van der Waals surface area contributed by atoms with Crippen molar-refractivity contribution < 1.29 is 0 Å². The SMILES string of the molecule is CC1CCN(c2cc(N3CCCCC3C)nc(NC(=S)NCc3ccc(N4CCCC4)cc3)n2)CC1. The second-order valence-corrected chi connectivity index (χ2v) is 11.2. The maximum Gasteiger partial charge on any atom is 0.232 e. The van der Waals surface area contributed by atoms with Gasteiger partial charge in [0.05, 0.1) is 0 Å². The van der Waals surface area contributed by atoms with Gasteiger partial charge in [0.25, 0.3) is 0 Å². The van der Waals surface area contributed by atoms with Crippen LogP contribution in [0.1, 0.15) is 64.4 Å². The largest absolute Gasteiger partial charge is 0.372 e. The fourth-order valence-electron chi connectivity index (χ4n) is 5.59. The number of aromatic nitrogens is 2. The van der Waals surface area contributed by atoms with Gasteiger partial charge in [0, 0.05) is 57.1 Å². The predicted molar refractivity (Wildman–Crippen MR) is 154 cm³/mol. The molecule has 0 saturated carbocycles. The smallest absolute Gasteiger partial charge is 0.232 e. The maximum absolute atomic E-state index is 5.65. The Bertz CT molecular complexity index is 1010. The van der Waals surface area contributed by atoms with E-state index in [-0.39, 0.29) is 0 Å². The van der Waals surface area contributed by atoms with Gasteiger partial charge < -0.3 is 25.3 Å². The molecule has 3 aliphatic rings. The number of piperidine rings is 2. The van der Waals surface area contributed by atoms with Gasteiger partial charge in [-0.15, -0.1) is 0 Å². The van der Waals surface area contributed by atoms with Crippen LogP contribution in [0, 0.1) is 5.92 Å². The number of thiocarbonyl (C=S) groups is 1. The van der Waals surface area contributed by atoms with Gasteiger partial charge in [0.2, 0.25) is 5.95 Å². The van der Waals surface area contributed by atoms with Gasteiger partial charge in [0.1, 0.15) is 11.6 Å². The van der Waals surface area contributed by atoms with Crippen molar-refractivity contribution in [2.24, 2.45) is 5.92 Å². The zero-order valence-electron chi connectivity index (χ0n) is 21.9. The lowest BCUT2D eigenvalue weighted by molar-refractivity contribution is 0.436. The van der Waals surface area contributed by atoms with E-state index in [1.807, 2.05) is 0 Å². The Morgan fingerprint density at radius 2 is 1.56 bits per heavy atom. The lowest BCUT2D eigenvalue weighted by Gasteiger charge is -2.36. The molecule has 1 atom stereocenters. The summed E-state index contributed by atoms with van der Waals surface area (Å²) < 4.78 is 0. The molecular formula is C28H41N7S. The first-order valence-electron chi connectivity index (χ1n) is 13.8. The van der Waals surface area contributed by atoms with Crippen LogP contribution >= 0.6 is 12.2 Å². The Morgan fingerprint density at radius 1 is 0.861 bits per heavy atom. The van der Waals surface area contributed by atoms with Crippen molar-refractivity contribution in [2.75, 3.05) is 52.7 Å². The quantitative estimate of drug-likeness (QED) is 0.519. The second kappa shape index (κ2) is 11.6. The molecule has 194 valence electrons. The molecule has 0 aliphatic carbocycles. The number of nitrogens with zero attached hydrogens (tertiary/aromatic N) is 5. The highest BCUT2D eigenvalue weighted by atomic mass is 32.1. The maximum atomic E-state index is 5.65.